The SMILES string of the molecule is c1ccc(-c2nc(-c3cccc(-c4cccc(-n5c6cc7ccccc7cc6c6ccc7c(c65)C5(c6ccccc6-7)C6CC7CC(C6)CC5C7)c4)c3)nc3ccccc23)cc1. The highest BCUT2D eigenvalue weighted by molar-refractivity contribution is 6.16. The van der Waals surface area contributed by atoms with E-state index < -0.39 is 0 Å². The lowest BCUT2D eigenvalue weighted by Crippen LogP contribution is -2.55. The molecule has 8 aromatic carbocycles. The number of benzene rings is 8. The van der Waals surface area contributed by atoms with Crippen LogP contribution in [0.5, 0.6) is 0 Å². The molecule has 2 heterocycles. The fourth-order valence-corrected chi connectivity index (χ4v) is 13.4. The number of rotatable bonds is 4. The van der Waals surface area contributed by atoms with E-state index in [0.29, 0.717) is 11.8 Å². The van der Waals surface area contributed by atoms with Gasteiger partial charge in [0.25, 0.3) is 0 Å². The predicted molar refractivity (Wildman–Crippen MR) is 251 cm³/mol. The number of aromatic nitrogens is 3. The minimum Gasteiger partial charge on any atom is -0.309 e. The third-order valence-corrected chi connectivity index (χ3v) is 15.5. The summed E-state index contributed by atoms with van der Waals surface area (Å²) in [7, 11) is 0. The molecule has 5 aliphatic rings. The van der Waals surface area contributed by atoms with E-state index in [2.05, 4.69) is 180 Å². The van der Waals surface area contributed by atoms with Crippen molar-refractivity contribution in [2.45, 2.75) is 37.5 Å². The molecular weight excluding hydrogens is 739 g/mol. The molecule has 4 fully saturated rings. The highest BCUT2D eigenvalue weighted by Gasteiger charge is 2.62. The number of nitrogens with zero attached hydrogens (tertiary/aromatic N) is 3. The first-order valence-electron chi connectivity index (χ1n) is 22.3. The van der Waals surface area contributed by atoms with Crippen molar-refractivity contribution in [3.05, 3.63) is 187 Å². The van der Waals surface area contributed by atoms with Crippen molar-refractivity contribution in [3.8, 4) is 50.6 Å². The topological polar surface area (TPSA) is 30.7 Å². The molecule has 15 rings (SSSR count). The van der Waals surface area contributed by atoms with Crippen LogP contribution in [0.25, 0.3) is 94.1 Å². The largest absolute Gasteiger partial charge is 0.309 e. The molecule has 5 aliphatic carbocycles. The van der Waals surface area contributed by atoms with E-state index in [1.165, 1.54) is 87.1 Å². The summed E-state index contributed by atoms with van der Waals surface area (Å²) >= 11 is 0. The number of fused-ring (bicyclic) bond motifs is 9. The molecule has 4 bridgehead atoms. The standard InChI is InChI=1S/C58H43N3/c1-2-12-37(13-3-1)55-49-21-7-9-23-52(49)59-57(60-55)42-18-10-16-38(31-42)39-17-11-19-45(32-39)61-53-34-41-15-5-4-14-40(41)33-50(53)48-25-24-47-46-20-6-8-22-51(46)58(54(47)56(48)61)43-27-35-26-36(29-43)30-44(58)28-35/h1-25,31-36,43-44H,26-30H2. The second-order valence-corrected chi connectivity index (χ2v) is 18.6. The molecule has 0 unspecified atom stereocenters. The second kappa shape index (κ2) is 12.6. The van der Waals surface area contributed by atoms with Gasteiger partial charge in [0.05, 0.1) is 22.2 Å². The molecular formula is C58H43N3. The van der Waals surface area contributed by atoms with Crippen LogP contribution in [0.3, 0.4) is 0 Å². The maximum atomic E-state index is 5.24. The lowest BCUT2D eigenvalue weighted by atomic mass is 9.43. The van der Waals surface area contributed by atoms with Gasteiger partial charge in [-0.15, -0.1) is 0 Å². The van der Waals surface area contributed by atoms with E-state index in [0.717, 1.165) is 50.9 Å². The van der Waals surface area contributed by atoms with E-state index in [4.69, 9.17) is 9.97 Å². The molecule has 0 atom stereocenters. The zero-order valence-corrected chi connectivity index (χ0v) is 33.9. The van der Waals surface area contributed by atoms with Gasteiger partial charge >= 0.3 is 0 Å². The molecule has 0 saturated heterocycles. The van der Waals surface area contributed by atoms with Crippen LogP contribution >= 0.6 is 0 Å². The Bertz CT molecular complexity index is 3420. The fourth-order valence-electron chi connectivity index (χ4n) is 13.4. The summed E-state index contributed by atoms with van der Waals surface area (Å²) in [5.41, 5.74) is 16.4. The van der Waals surface area contributed by atoms with E-state index >= 15 is 0 Å². The van der Waals surface area contributed by atoms with E-state index in [9.17, 15) is 0 Å². The second-order valence-electron chi connectivity index (χ2n) is 18.6. The average Bonchev–Trinajstić information content (AvgIpc) is 3.80. The minimum atomic E-state index is 0.0365. The Labute approximate surface area is 355 Å². The maximum absolute atomic E-state index is 5.24. The lowest BCUT2D eigenvalue weighted by molar-refractivity contribution is -0.0394. The van der Waals surface area contributed by atoms with E-state index in [1.807, 2.05) is 0 Å². The van der Waals surface area contributed by atoms with Crippen LogP contribution in [0.1, 0.15) is 43.2 Å². The molecule has 4 saturated carbocycles. The zero-order valence-electron chi connectivity index (χ0n) is 33.9. The summed E-state index contributed by atoms with van der Waals surface area (Å²) < 4.78 is 2.67. The van der Waals surface area contributed by atoms with Gasteiger partial charge in [0.15, 0.2) is 5.82 Å². The van der Waals surface area contributed by atoms with Gasteiger partial charge in [-0.25, -0.2) is 9.97 Å². The highest BCUT2D eigenvalue weighted by Crippen LogP contribution is 2.70. The number of para-hydroxylation sites is 1. The third kappa shape index (κ3) is 4.75. The van der Waals surface area contributed by atoms with Crippen molar-refractivity contribution in [3.63, 3.8) is 0 Å². The molecule has 290 valence electrons. The molecule has 0 N–H and O–H groups in total. The molecule has 3 heteroatoms. The first-order chi connectivity index (χ1) is 30.2. The fraction of sp³-hybridized carbons (Fsp3) is 0.172. The van der Waals surface area contributed by atoms with Gasteiger partial charge in [-0.1, -0.05) is 140 Å². The third-order valence-electron chi connectivity index (χ3n) is 15.5. The summed E-state index contributed by atoms with van der Waals surface area (Å²) in [6.45, 7) is 0. The van der Waals surface area contributed by atoms with Crippen molar-refractivity contribution in [2.24, 2.45) is 23.7 Å². The van der Waals surface area contributed by atoms with Crippen LogP contribution < -0.4 is 0 Å². The van der Waals surface area contributed by atoms with Crippen molar-refractivity contribution in [1.82, 2.24) is 14.5 Å². The lowest BCUT2D eigenvalue weighted by Gasteiger charge is -2.61. The predicted octanol–water partition coefficient (Wildman–Crippen LogP) is 14.6. The first-order valence-corrected chi connectivity index (χ1v) is 22.3. The summed E-state index contributed by atoms with van der Waals surface area (Å²) in [5.74, 6) is 3.86. The van der Waals surface area contributed by atoms with Crippen LogP contribution in [0.15, 0.2) is 176 Å². The van der Waals surface area contributed by atoms with Crippen molar-refractivity contribution < 1.29 is 0 Å². The first kappa shape index (κ1) is 33.9. The smallest absolute Gasteiger partial charge is 0.160 e. The number of hydrogen-bond donors (Lipinski definition) is 0. The normalized spacial score (nSPS) is 22.2. The van der Waals surface area contributed by atoms with Gasteiger partial charge in [0.2, 0.25) is 0 Å². The Morgan fingerprint density at radius 3 is 1.97 bits per heavy atom. The minimum absolute atomic E-state index is 0.0365. The Hall–Kier alpha value is -6.84. The van der Waals surface area contributed by atoms with Crippen molar-refractivity contribution in [2.75, 3.05) is 0 Å². The Morgan fingerprint density at radius 1 is 0.459 bits per heavy atom. The summed E-state index contributed by atoms with van der Waals surface area (Å²) in [6, 6.07) is 65.2. The van der Waals surface area contributed by atoms with Crippen LogP contribution in [0.2, 0.25) is 0 Å². The average molecular weight is 782 g/mol. The molecule has 0 amide bonds. The Balaban J connectivity index is 0.997. The Kier molecular flexibility index (Phi) is 7.01. The van der Waals surface area contributed by atoms with Crippen LogP contribution in [0.4, 0.5) is 0 Å². The van der Waals surface area contributed by atoms with Crippen molar-refractivity contribution in [1.29, 1.82) is 0 Å². The van der Waals surface area contributed by atoms with Crippen LogP contribution in [-0.2, 0) is 5.41 Å². The van der Waals surface area contributed by atoms with Crippen molar-refractivity contribution >= 4 is 43.5 Å². The highest BCUT2D eigenvalue weighted by atomic mass is 15.0. The van der Waals surface area contributed by atoms with Gasteiger partial charge in [0.1, 0.15) is 0 Å². The van der Waals surface area contributed by atoms with E-state index in [1.54, 1.807) is 11.1 Å². The molecule has 1 spiro atoms. The summed E-state index contributed by atoms with van der Waals surface area (Å²) in [4.78, 5) is 10.4. The molecule has 0 aliphatic heterocycles. The summed E-state index contributed by atoms with van der Waals surface area (Å²) in [5, 5.41) is 6.33. The molecule has 3 nitrogen and oxygen atoms in total. The molecule has 2 aromatic heterocycles. The quantitative estimate of drug-likeness (QED) is 0.178. The monoisotopic (exact) mass is 781 g/mol. The van der Waals surface area contributed by atoms with Gasteiger partial charge in [0, 0.05) is 38.4 Å². The van der Waals surface area contributed by atoms with Crippen LogP contribution in [0, 0.1) is 23.7 Å². The van der Waals surface area contributed by atoms with Gasteiger partial charge < -0.3 is 4.57 Å². The summed E-state index contributed by atoms with van der Waals surface area (Å²) in [6.07, 6.45) is 6.90. The number of hydrogen-bond acceptors (Lipinski definition) is 2. The molecule has 61 heavy (non-hydrogen) atoms. The van der Waals surface area contributed by atoms with E-state index in [-0.39, 0.29) is 5.41 Å². The molecule has 10 aromatic rings. The van der Waals surface area contributed by atoms with Gasteiger partial charge in [-0.3, -0.25) is 0 Å². The Morgan fingerprint density at radius 2 is 1.13 bits per heavy atom. The molecule has 0 radical (unpaired) electrons. The van der Waals surface area contributed by atoms with Gasteiger partial charge in [-0.2, -0.15) is 0 Å². The zero-order chi connectivity index (χ0) is 39.8. The van der Waals surface area contributed by atoms with Gasteiger partial charge in [-0.05, 0) is 136 Å². The van der Waals surface area contributed by atoms with Crippen LogP contribution in [-0.4, -0.2) is 14.5 Å². The maximum Gasteiger partial charge on any atom is 0.160 e.